The smallest absolute Gasteiger partial charge is 0.257 e. The number of carbonyl (C=O) groups excluding carboxylic acids is 1. The largest absolute Gasteiger partial charge is 0.472 e. The summed E-state index contributed by atoms with van der Waals surface area (Å²) >= 11 is 0. The Bertz CT molecular complexity index is 919. The first-order chi connectivity index (χ1) is 13.1. The van der Waals surface area contributed by atoms with Gasteiger partial charge >= 0.3 is 0 Å². The highest BCUT2D eigenvalue weighted by Crippen LogP contribution is 2.33. The summed E-state index contributed by atoms with van der Waals surface area (Å²) < 4.78 is 11.2. The summed E-state index contributed by atoms with van der Waals surface area (Å²) in [6, 6.07) is 9.69. The predicted octanol–water partition coefficient (Wildman–Crippen LogP) is 3.19. The van der Waals surface area contributed by atoms with Gasteiger partial charge in [0.1, 0.15) is 12.1 Å². The standard InChI is InChI=1S/C20H22N4O3/c1-13-4-3-5-15(8-13)11-27-17-9-18(19-21-14(2)22-23-19)24(10-17)20(25)16-6-7-26-12-16/h3-8,12,17-18H,9-11H2,1-2H3,(H,21,22,23)/t17-,18-/m0/s1. The number of carbonyl (C=O) groups is 1. The van der Waals surface area contributed by atoms with Gasteiger partial charge in [0, 0.05) is 13.0 Å². The lowest BCUT2D eigenvalue weighted by Gasteiger charge is -2.21. The van der Waals surface area contributed by atoms with E-state index in [0.29, 0.717) is 31.0 Å². The number of nitrogens with zero attached hydrogens (tertiary/aromatic N) is 3. The molecule has 7 heteroatoms. The van der Waals surface area contributed by atoms with Crippen molar-refractivity contribution in [2.24, 2.45) is 0 Å². The summed E-state index contributed by atoms with van der Waals surface area (Å²) in [6.45, 7) is 4.92. The molecular formula is C20H22N4O3. The number of hydrogen-bond donors (Lipinski definition) is 1. The molecule has 0 spiro atoms. The number of furan rings is 1. The summed E-state index contributed by atoms with van der Waals surface area (Å²) in [7, 11) is 0. The van der Waals surface area contributed by atoms with Crippen LogP contribution in [0.3, 0.4) is 0 Å². The summed E-state index contributed by atoms with van der Waals surface area (Å²) in [5.74, 6) is 1.24. The van der Waals surface area contributed by atoms with Gasteiger partial charge in [-0.1, -0.05) is 29.8 Å². The topological polar surface area (TPSA) is 84.2 Å². The fourth-order valence-electron chi connectivity index (χ4n) is 3.46. The molecule has 1 N–H and O–H groups in total. The summed E-state index contributed by atoms with van der Waals surface area (Å²) in [6.07, 6.45) is 3.54. The molecule has 3 aromatic rings. The number of aromatic nitrogens is 3. The van der Waals surface area contributed by atoms with Crippen molar-refractivity contribution < 1.29 is 13.9 Å². The second-order valence-corrected chi connectivity index (χ2v) is 6.92. The zero-order chi connectivity index (χ0) is 18.8. The normalized spacial score (nSPS) is 19.6. The Morgan fingerprint density at radius 1 is 1.37 bits per heavy atom. The highest BCUT2D eigenvalue weighted by atomic mass is 16.5. The van der Waals surface area contributed by atoms with Crippen molar-refractivity contribution in [3.05, 3.63) is 71.2 Å². The van der Waals surface area contributed by atoms with Crippen LogP contribution in [-0.4, -0.2) is 38.6 Å². The van der Waals surface area contributed by atoms with Gasteiger partial charge in [-0.15, -0.1) is 0 Å². The van der Waals surface area contributed by atoms with Crippen LogP contribution in [-0.2, 0) is 11.3 Å². The number of hydrogen-bond acceptors (Lipinski definition) is 5. The van der Waals surface area contributed by atoms with E-state index in [1.54, 1.807) is 11.0 Å². The van der Waals surface area contributed by atoms with E-state index in [9.17, 15) is 4.79 Å². The summed E-state index contributed by atoms with van der Waals surface area (Å²) in [4.78, 5) is 19.1. The molecule has 0 bridgehead atoms. The molecule has 140 valence electrons. The van der Waals surface area contributed by atoms with Crippen molar-refractivity contribution in [1.82, 2.24) is 20.1 Å². The zero-order valence-corrected chi connectivity index (χ0v) is 15.4. The number of nitrogens with one attached hydrogen (secondary N) is 1. The molecule has 0 aliphatic carbocycles. The minimum atomic E-state index is -0.222. The van der Waals surface area contributed by atoms with Crippen LogP contribution in [0.15, 0.2) is 47.3 Å². The summed E-state index contributed by atoms with van der Waals surface area (Å²) in [5.41, 5.74) is 2.85. The van der Waals surface area contributed by atoms with Crippen molar-refractivity contribution in [3.8, 4) is 0 Å². The Morgan fingerprint density at radius 2 is 2.26 bits per heavy atom. The van der Waals surface area contributed by atoms with Crippen LogP contribution >= 0.6 is 0 Å². The molecule has 7 nitrogen and oxygen atoms in total. The molecule has 1 fully saturated rings. The van der Waals surface area contributed by atoms with Gasteiger partial charge in [-0.05, 0) is 25.5 Å². The van der Waals surface area contributed by atoms with Crippen molar-refractivity contribution in [2.45, 2.75) is 39.0 Å². The molecule has 0 radical (unpaired) electrons. The number of benzene rings is 1. The number of ether oxygens (including phenoxy) is 1. The van der Waals surface area contributed by atoms with E-state index < -0.39 is 0 Å². The Morgan fingerprint density at radius 3 is 2.96 bits per heavy atom. The van der Waals surface area contributed by atoms with E-state index in [1.807, 2.05) is 19.1 Å². The van der Waals surface area contributed by atoms with Crippen molar-refractivity contribution in [1.29, 1.82) is 0 Å². The first-order valence-electron chi connectivity index (χ1n) is 8.99. The maximum absolute atomic E-state index is 12.9. The second kappa shape index (κ2) is 7.36. The van der Waals surface area contributed by atoms with E-state index in [0.717, 1.165) is 11.4 Å². The lowest BCUT2D eigenvalue weighted by Crippen LogP contribution is -2.32. The zero-order valence-electron chi connectivity index (χ0n) is 15.4. The minimum absolute atomic E-state index is 0.0785. The number of amides is 1. The fourth-order valence-corrected chi connectivity index (χ4v) is 3.46. The SMILES string of the molecule is Cc1cccc(CO[C@H]2C[C@@H](c3n[nH]c(C)n3)N(C(=O)c3ccoc3)C2)c1. The van der Waals surface area contributed by atoms with Gasteiger partial charge in [0.25, 0.3) is 5.91 Å². The third-order valence-electron chi connectivity index (χ3n) is 4.77. The number of aromatic amines is 1. The Labute approximate surface area is 157 Å². The van der Waals surface area contributed by atoms with E-state index in [4.69, 9.17) is 9.15 Å². The maximum atomic E-state index is 12.9. The molecule has 4 rings (SSSR count). The lowest BCUT2D eigenvalue weighted by molar-refractivity contribution is 0.0437. The average Bonchev–Trinajstić information content (AvgIpc) is 3.40. The van der Waals surface area contributed by atoms with Gasteiger partial charge in [0.15, 0.2) is 5.82 Å². The molecule has 1 aromatic carbocycles. The number of aryl methyl sites for hydroxylation is 2. The molecule has 2 aromatic heterocycles. The minimum Gasteiger partial charge on any atom is -0.472 e. The van der Waals surface area contributed by atoms with Gasteiger partial charge in [-0.25, -0.2) is 4.98 Å². The van der Waals surface area contributed by atoms with E-state index in [-0.39, 0.29) is 18.1 Å². The molecular weight excluding hydrogens is 344 g/mol. The molecule has 1 amide bonds. The molecule has 0 saturated carbocycles. The first kappa shape index (κ1) is 17.5. The monoisotopic (exact) mass is 366 g/mol. The van der Waals surface area contributed by atoms with Crippen LogP contribution in [0.4, 0.5) is 0 Å². The Balaban J connectivity index is 1.51. The van der Waals surface area contributed by atoms with Crippen molar-refractivity contribution >= 4 is 5.91 Å². The van der Waals surface area contributed by atoms with Gasteiger partial charge < -0.3 is 14.1 Å². The van der Waals surface area contributed by atoms with Gasteiger partial charge in [0.05, 0.1) is 30.6 Å². The molecule has 1 aliphatic rings. The third-order valence-corrected chi connectivity index (χ3v) is 4.77. The number of likely N-dealkylation sites (tertiary alicyclic amines) is 1. The van der Waals surface area contributed by atoms with Crippen LogP contribution in [0.5, 0.6) is 0 Å². The predicted molar refractivity (Wildman–Crippen MR) is 98.0 cm³/mol. The fraction of sp³-hybridized carbons (Fsp3) is 0.350. The van der Waals surface area contributed by atoms with Crippen LogP contribution < -0.4 is 0 Å². The highest BCUT2D eigenvalue weighted by molar-refractivity contribution is 5.94. The summed E-state index contributed by atoms with van der Waals surface area (Å²) in [5, 5.41) is 7.13. The third kappa shape index (κ3) is 3.78. The molecule has 27 heavy (non-hydrogen) atoms. The van der Waals surface area contributed by atoms with Crippen LogP contribution in [0.25, 0.3) is 0 Å². The maximum Gasteiger partial charge on any atom is 0.257 e. The quantitative estimate of drug-likeness (QED) is 0.750. The molecule has 1 saturated heterocycles. The second-order valence-electron chi connectivity index (χ2n) is 6.92. The van der Waals surface area contributed by atoms with Gasteiger partial charge in [-0.3, -0.25) is 9.89 Å². The lowest BCUT2D eigenvalue weighted by atomic mass is 10.1. The Kier molecular flexibility index (Phi) is 4.77. The van der Waals surface area contributed by atoms with Crippen LogP contribution in [0, 0.1) is 13.8 Å². The van der Waals surface area contributed by atoms with Crippen LogP contribution in [0.2, 0.25) is 0 Å². The van der Waals surface area contributed by atoms with Crippen molar-refractivity contribution in [2.75, 3.05) is 6.54 Å². The number of H-pyrrole nitrogens is 1. The van der Waals surface area contributed by atoms with Crippen molar-refractivity contribution in [3.63, 3.8) is 0 Å². The number of rotatable bonds is 5. The average molecular weight is 366 g/mol. The van der Waals surface area contributed by atoms with E-state index in [2.05, 4.69) is 34.2 Å². The Hall–Kier alpha value is -2.93. The molecule has 3 heterocycles. The van der Waals surface area contributed by atoms with Crippen LogP contribution in [0.1, 0.15) is 45.6 Å². The van der Waals surface area contributed by atoms with E-state index >= 15 is 0 Å². The highest BCUT2D eigenvalue weighted by Gasteiger charge is 2.39. The van der Waals surface area contributed by atoms with Gasteiger partial charge in [-0.2, -0.15) is 5.10 Å². The molecule has 1 aliphatic heterocycles. The van der Waals surface area contributed by atoms with E-state index in [1.165, 1.54) is 18.1 Å². The van der Waals surface area contributed by atoms with Gasteiger partial charge in [0.2, 0.25) is 0 Å². The molecule has 0 unspecified atom stereocenters. The molecule has 2 atom stereocenters. The first-order valence-corrected chi connectivity index (χ1v) is 8.99.